The van der Waals surface area contributed by atoms with E-state index in [1.165, 1.54) is 10.9 Å². The lowest BCUT2D eigenvalue weighted by Crippen LogP contribution is -2.30. The summed E-state index contributed by atoms with van der Waals surface area (Å²) < 4.78 is 1.41. The highest BCUT2D eigenvalue weighted by atomic mass is 16.6. The Morgan fingerprint density at radius 2 is 2.33 bits per heavy atom. The number of hydrogen-bond donors (Lipinski definition) is 2. The van der Waals surface area contributed by atoms with Crippen molar-refractivity contribution in [3.8, 4) is 0 Å². The summed E-state index contributed by atoms with van der Waals surface area (Å²) in [5, 5.41) is 27.7. The van der Waals surface area contributed by atoms with Crippen molar-refractivity contribution in [2.45, 2.75) is 31.8 Å². The number of nitro groups is 1. The average molecular weight is 254 g/mol. The molecular weight excluding hydrogens is 236 g/mol. The molecule has 0 bridgehead atoms. The molecule has 2 rings (SSSR count). The lowest BCUT2D eigenvalue weighted by atomic mass is 9.86. The smallest absolute Gasteiger partial charge is 0.330 e. The van der Waals surface area contributed by atoms with Gasteiger partial charge in [-0.05, 0) is 12.8 Å². The Morgan fingerprint density at radius 3 is 3.00 bits per heavy atom. The third-order valence-electron chi connectivity index (χ3n) is 3.41. The minimum Gasteiger partial charge on any atom is -0.393 e. The first kappa shape index (κ1) is 12.8. The number of rotatable bonds is 4. The molecule has 18 heavy (non-hydrogen) atoms. The number of nitrogens with zero attached hydrogens (tertiary/aromatic N) is 3. The fraction of sp³-hybridized carbons (Fsp3) is 0.727. The van der Waals surface area contributed by atoms with Gasteiger partial charge in [-0.1, -0.05) is 12.8 Å². The predicted molar refractivity (Wildman–Crippen MR) is 66.3 cm³/mol. The van der Waals surface area contributed by atoms with Crippen LogP contribution >= 0.6 is 0 Å². The molecule has 1 heterocycles. The summed E-state index contributed by atoms with van der Waals surface area (Å²) in [6, 6.07) is 0. The van der Waals surface area contributed by atoms with Gasteiger partial charge in [-0.25, -0.2) is 0 Å². The third kappa shape index (κ3) is 2.79. The van der Waals surface area contributed by atoms with Gasteiger partial charge in [0, 0.05) is 19.5 Å². The molecule has 2 atom stereocenters. The molecule has 0 aromatic carbocycles. The molecule has 0 saturated heterocycles. The van der Waals surface area contributed by atoms with Crippen molar-refractivity contribution in [3.05, 3.63) is 16.3 Å². The minimum atomic E-state index is -0.452. The van der Waals surface area contributed by atoms with Crippen molar-refractivity contribution in [1.29, 1.82) is 0 Å². The Bertz CT molecular complexity index is 432. The molecule has 1 aromatic rings. The van der Waals surface area contributed by atoms with Crippen LogP contribution in [0.3, 0.4) is 0 Å². The highest BCUT2D eigenvalue weighted by molar-refractivity contribution is 5.54. The van der Waals surface area contributed by atoms with E-state index in [-0.39, 0.29) is 23.5 Å². The van der Waals surface area contributed by atoms with E-state index < -0.39 is 4.92 Å². The second-order valence-electron chi connectivity index (χ2n) is 4.79. The van der Waals surface area contributed by atoms with Crippen LogP contribution in [0.5, 0.6) is 0 Å². The van der Waals surface area contributed by atoms with Gasteiger partial charge in [0.05, 0.1) is 11.0 Å². The second-order valence-corrected chi connectivity index (χ2v) is 4.79. The maximum atomic E-state index is 10.8. The van der Waals surface area contributed by atoms with Gasteiger partial charge in [-0.15, -0.1) is 5.10 Å². The number of aromatic nitrogens is 2. The number of aryl methyl sites for hydroxylation is 1. The van der Waals surface area contributed by atoms with E-state index in [9.17, 15) is 15.2 Å². The number of nitrogens with one attached hydrogen (secondary N) is 1. The van der Waals surface area contributed by atoms with E-state index in [0.717, 1.165) is 25.7 Å². The van der Waals surface area contributed by atoms with E-state index in [1.54, 1.807) is 7.05 Å². The van der Waals surface area contributed by atoms with Crippen LogP contribution < -0.4 is 5.32 Å². The second kappa shape index (κ2) is 5.34. The molecule has 2 N–H and O–H groups in total. The number of aliphatic hydroxyl groups excluding tert-OH is 1. The summed E-state index contributed by atoms with van der Waals surface area (Å²) >= 11 is 0. The number of hydrogen-bond acceptors (Lipinski definition) is 5. The molecule has 7 heteroatoms. The van der Waals surface area contributed by atoms with Crippen LogP contribution in [0.1, 0.15) is 25.7 Å². The van der Waals surface area contributed by atoms with E-state index in [2.05, 4.69) is 10.4 Å². The monoisotopic (exact) mass is 254 g/mol. The van der Waals surface area contributed by atoms with Crippen LogP contribution in [0.4, 0.5) is 11.5 Å². The topological polar surface area (TPSA) is 93.2 Å². The predicted octanol–water partition coefficient (Wildman–Crippen LogP) is 1.29. The van der Waals surface area contributed by atoms with Gasteiger partial charge < -0.3 is 10.4 Å². The summed E-state index contributed by atoms with van der Waals surface area (Å²) in [4.78, 5) is 10.4. The first-order valence-electron chi connectivity index (χ1n) is 6.18. The maximum Gasteiger partial charge on any atom is 0.330 e. The van der Waals surface area contributed by atoms with E-state index in [4.69, 9.17) is 0 Å². The van der Waals surface area contributed by atoms with Crippen LogP contribution in [0, 0.1) is 16.0 Å². The fourth-order valence-electron chi connectivity index (χ4n) is 2.39. The SMILES string of the molecule is Cn1cc([N+](=O)[O-])c(NCC2CCCCC2O)n1. The highest BCUT2D eigenvalue weighted by Gasteiger charge is 2.25. The van der Waals surface area contributed by atoms with Gasteiger partial charge in [0.1, 0.15) is 6.20 Å². The van der Waals surface area contributed by atoms with Crippen LogP contribution in [-0.2, 0) is 7.05 Å². The Kier molecular flexibility index (Phi) is 3.81. The van der Waals surface area contributed by atoms with Crippen LogP contribution in [-0.4, -0.2) is 32.5 Å². The van der Waals surface area contributed by atoms with Gasteiger partial charge in [0.25, 0.3) is 0 Å². The third-order valence-corrected chi connectivity index (χ3v) is 3.41. The maximum absolute atomic E-state index is 10.8. The first-order valence-corrected chi connectivity index (χ1v) is 6.18. The minimum absolute atomic E-state index is 0.0252. The average Bonchev–Trinajstić information content (AvgIpc) is 2.70. The van der Waals surface area contributed by atoms with Gasteiger partial charge in [0.15, 0.2) is 0 Å². The molecule has 1 aliphatic rings. The number of aliphatic hydroxyl groups is 1. The summed E-state index contributed by atoms with van der Waals surface area (Å²) in [6.45, 7) is 0.527. The van der Waals surface area contributed by atoms with Crippen LogP contribution in [0.25, 0.3) is 0 Å². The first-order chi connectivity index (χ1) is 8.58. The highest BCUT2D eigenvalue weighted by Crippen LogP contribution is 2.26. The molecule has 100 valence electrons. The lowest BCUT2D eigenvalue weighted by Gasteiger charge is -2.27. The van der Waals surface area contributed by atoms with Gasteiger partial charge in [-0.2, -0.15) is 0 Å². The quantitative estimate of drug-likeness (QED) is 0.623. The molecule has 7 nitrogen and oxygen atoms in total. The summed E-state index contributed by atoms with van der Waals surface area (Å²) in [5.74, 6) is 0.431. The van der Waals surface area contributed by atoms with Gasteiger partial charge in [0.2, 0.25) is 5.82 Å². The van der Waals surface area contributed by atoms with Gasteiger partial charge in [-0.3, -0.25) is 14.8 Å². The molecular formula is C11H18N4O3. The van der Waals surface area contributed by atoms with Crippen molar-refractivity contribution in [3.63, 3.8) is 0 Å². The van der Waals surface area contributed by atoms with Crippen molar-refractivity contribution < 1.29 is 10.0 Å². The zero-order valence-electron chi connectivity index (χ0n) is 10.4. The Hall–Kier alpha value is -1.63. The lowest BCUT2D eigenvalue weighted by molar-refractivity contribution is -0.384. The zero-order chi connectivity index (χ0) is 13.1. The standard InChI is InChI=1S/C11H18N4O3/c1-14-7-9(15(17)18)11(13-14)12-6-8-4-2-3-5-10(8)16/h7-8,10,16H,2-6H2,1H3,(H,12,13). The van der Waals surface area contributed by atoms with Gasteiger partial charge >= 0.3 is 5.69 Å². The molecule has 0 amide bonds. The Labute approximate surface area is 105 Å². The van der Waals surface area contributed by atoms with Crippen molar-refractivity contribution in [1.82, 2.24) is 9.78 Å². The summed E-state index contributed by atoms with van der Waals surface area (Å²) in [6.07, 6.45) is 4.99. The normalized spacial score (nSPS) is 23.9. The molecule has 2 unspecified atom stereocenters. The number of anilines is 1. The molecule has 1 fully saturated rings. The van der Waals surface area contributed by atoms with Crippen LogP contribution in [0.2, 0.25) is 0 Å². The van der Waals surface area contributed by atoms with E-state index in [1.807, 2.05) is 0 Å². The molecule has 0 aliphatic heterocycles. The fourth-order valence-corrected chi connectivity index (χ4v) is 2.39. The Balaban J connectivity index is 1.99. The Morgan fingerprint density at radius 1 is 1.61 bits per heavy atom. The van der Waals surface area contributed by atoms with E-state index >= 15 is 0 Å². The van der Waals surface area contributed by atoms with E-state index in [0.29, 0.717) is 6.54 Å². The van der Waals surface area contributed by atoms with Crippen molar-refractivity contribution in [2.75, 3.05) is 11.9 Å². The molecule has 0 radical (unpaired) electrons. The largest absolute Gasteiger partial charge is 0.393 e. The molecule has 1 saturated carbocycles. The molecule has 0 spiro atoms. The summed E-state index contributed by atoms with van der Waals surface area (Å²) in [7, 11) is 1.65. The van der Waals surface area contributed by atoms with Crippen LogP contribution in [0.15, 0.2) is 6.20 Å². The van der Waals surface area contributed by atoms with Crippen molar-refractivity contribution >= 4 is 11.5 Å². The molecule has 1 aliphatic carbocycles. The van der Waals surface area contributed by atoms with Crippen molar-refractivity contribution in [2.24, 2.45) is 13.0 Å². The summed E-state index contributed by atoms with van der Waals surface area (Å²) in [5.41, 5.74) is -0.0252. The molecule has 1 aromatic heterocycles. The zero-order valence-corrected chi connectivity index (χ0v) is 10.4.